The van der Waals surface area contributed by atoms with Crippen molar-refractivity contribution in [3.63, 3.8) is 0 Å². The van der Waals surface area contributed by atoms with Crippen LogP contribution in [0.5, 0.6) is 0 Å². The molecule has 66 valence electrons. The zero-order valence-electron chi connectivity index (χ0n) is 7.30. The number of rotatable bonds is 4. The SMILES string of the molecule is CN(C)CCN(C)C(=O)CCl. The molecule has 0 aliphatic rings. The lowest BCUT2D eigenvalue weighted by Crippen LogP contribution is -2.34. The van der Waals surface area contributed by atoms with Gasteiger partial charge in [-0.2, -0.15) is 0 Å². The van der Waals surface area contributed by atoms with Gasteiger partial charge in [0.2, 0.25) is 5.91 Å². The van der Waals surface area contributed by atoms with Gasteiger partial charge in [0.05, 0.1) is 0 Å². The highest BCUT2D eigenvalue weighted by atomic mass is 35.5. The van der Waals surface area contributed by atoms with Crippen LogP contribution in [0.25, 0.3) is 0 Å². The van der Waals surface area contributed by atoms with Gasteiger partial charge >= 0.3 is 0 Å². The van der Waals surface area contributed by atoms with E-state index >= 15 is 0 Å². The van der Waals surface area contributed by atoms with Crippen molar-refractivity contribution in [3.8, 4) is 0 Å². The molecule has 0 aromatic heterocycles. The van der Waals surface area contributed by atoms with Gasteiger partial charge in [0.15, 0.2) is 0 Å². The van der Waals surface area contributed by atoms with Gasteiger partial charge in [-0.1, -0.05) is 0 Å². The quantitative estimate of drug-likeness (QED) is 0.577. The molecular weight excluding hydrogens is 164 g/mol. The lowest BCUT2D eigenvalue weighted by Gasteiger charge is -2.18. The number of amides is 1. The number of carbonyl (C=O) groups is 1. The number of hydrogen-bond acceptors (Lipinski definition) is 2. The minimum absolute atomic E-state index is 0.0199. The molecule has 11 heavy (non-hydrogen) atoms. The number of likely N-dealkylation sites (N-methyl/N-ethyl adjacent to an activating group) is 2. The summed E-state index contributed by atoms with van der Waals surface area (Å²) in [7, 11) is 5.70. The Labute approximate surface area is 72.9 Å². The third kappa shape index (κ3) is 5.04. The first-order valence-corrected chi connectivity index (χ1v) is 4.06. The van der Waals surface area contributed by atoms with Gasteiger partial charge in [0, 0.05) is 20.1 Å². The highest BCUT2D eigenvalue weighted by molar-refractivity contribution is 6.27. The molecule has 3 nitrogen and oxygen atoms in total. The Bertz CT molecular complexity index is 128. The van der Waals surface area contributed by atoms with Crippen LogP contribution in [0.15, 0.2) is 0 Å². The van der Waals surface area contributed by atoms with Crippen molar-refractivity contribution in [2.24, 2.45) is 0 Å². The number of carbonyl (C=O) groups excluding carboxylic acids is 1. The average molecular weight is 179 g/mol. The van der Waals surface area contributed by atoms with E-state index in [1.807, 2.05) is 19.0 Å². The van der Waals surface area contributed by atoms with Crippen LogP contribution < -0.4 is 0 Å². The van der Waals surface area contributed by atoms with Crippen LogP contribution in [0.1, 0.15) is 0 Å². The molecule has 0 aliphatic carbocycles. The summed E-state index contributed by atoms with van der Waals surface area (Å²) < 4.78 is 0. The largest absolute Gasteiger partial charge is 0.343 e. The highest BCUT2D eigenvalue weighted by Gasteiger charge is 2.05. The molecule has 0 N–H and O–H groups in total. The number of alkyl halides is 1. The molecule has 0 heterocycles. The third-order valence-electron chi connectivity index (χ3n) is 1.42. The molecule has 0 aromatic rings. The predicted molar refractivity (Wildman–Crippen MR) is 46.9 cm³/mol. The summed E-state index contributed by atoms with van der Waals surface area (Å²) in [5.41, 5.74) is 0. The van der Waals surface area contributed by atoms with Crippen LogP contribution >= 0.6 is 11.6 Å². The molecule has 0 radical (unpaired) electrons. The van der Waals surface area contributed by atoms with Crippen LogP contribution in [0.4, 0.5) is 0 Å². The van der Waals surface area contributed by atoms with Crippen molar-refractivity contribution >= 4 is 17.5 Å². The zero-order valence-corrected chi connectivity index (χ0v) is 8.06. The van der Waals surface area contributed by atoms with E-state index in [-0.39, 0.29) is 11.8 Å². The van der Waals surface area contributed by atoms with Crippen LogP contribution in [0, 0.1) is 0 Å². The summed E-state index contributed by atoms with van der Waals surface area (Å²) in [6.45, 7) is 1.61. The molecule has 0 fully saturated rings. The second-order valence-electron chi connectivity index (χ2n) is 2.75. The van der Waals surface area contributed by atoms with Gasteiger partial charge in [-0.25, -0.2) is 0 Å². The smallest absolute Gasteiger partial charge is 0.237 e. The molecule has 4 heteroatoms. The van der Waals surface area contributed by atoms with E-state index in [0.717, 1.165) is 13.1 Å². The van der Waals surface area contributed by atoms with Crippen molar-refractivity contribution in [1.29, 1.82) is 0 Å². The standard InChI is InChI=1S/C7H15ClN2O/c1-9(2)4-5-10(3)7(11)6-8/h4-6H2,1-3H3. The van der Waals surface area contributed by atoms with Crippen LogP contribution in [-0.2, 0) is 4.79 Å². The fraction of sp³-hybridized carbons (Fsp3) is 0.857. The Hall–Kier alpha value is -0.280. The molecule has 0 saturated carbocycles. The maximum Gasteiger partial charge on any atom is 0.237 e. The second-order valence-corrected chi connectivity index (χ2v) is 3.02. The molecule has 0 rings (SSSR count). The molecule has 0 spiro atoms. The summed E-state index contributed by atoms with van der Waals surface area (Å²) in [6, 6.07) is 0. The topological polar surface area (TPSA) is 23.6 Å². The highest BCUT2D eigenvalue weighted by Crippen LogP contribution is 1.88. The van der Waals surface area contributed by atoms with E-state index in [4.69, 9.17) is 11.6 Å². The number of hydrogen-bond donors (Lipinski definition) is 0. The molecule has 0 aliphatic heterocycles. The van der Waals surface area contributed by atoms with E-state index in [0.29, 0.717) is 0 Å². The Morgan fingerprint density at radius 1 is 1.27 bits per heavy atom. The molecule has 1 amide bonds. The predicted octanol–water partition coefficient (Wildman–Crippen LogP) is 0.245. The van der Waals surface area contributed by atoms with Crippen LogP contribution in [-0.4, -0.2) is 55.8 Å². The van der Waals surface area contributed by atoms with Crippen LogP contribution in [0.2, 0.25) is 0 Å². The molecule has 0 atom stereocenters. The molecule has 0 aromatic carbocycles. The van der Waals surface area contributed by atoms with E-state index in [1.54, 1.807) is 11.9 Å². The summed E-state index contributed by atoms with van der Waals surface area (Å²) in [6.07, 6.45) is 0. The minimum Gasteiger partial charge on any atom is -0.343 e. The monoisotopic (exact) mass is 178 g/mol. The lowest BCUT2D eigenvalue weighted by atomic mass is 10.5. The number of halogens is 1. The maximum atomic E-state index is 10.9. The van der Waals surface area contributed by atoms with Crippen molar-refractivity contribution in [1.82, 2.24) is 9.80 Å². The lowest BCUT2D eigenvalue weighted by molar-refractivity contribution is -0.127. The molecular formula is C7H15ClN2O. The Kier molecular flexibility index (Phi) is 5.24. The van der Waals surface area contributed by atoms with Gasteiger partial charge in [0.25, 0.3) is 0 Å². The van der Waals surface area contributed by atoms with Crippen molar-refractivity contribution in [2.45, 2.75) is 0 Å². The zero-order chi connectivity index (χ0) is 8.85. The van der Waals surface area contributed by atoms with Crippen molar-refractivity contribution in [2.75, 3.05) is 40.1 Å². The van der Waals surface area contributed by atoms with Gasteiger partial charge in [-0.15, -0.1) is 11.6 Å². The van der Waals surface area contributed by atoms with Gasteiger partial charge < -0.3 is 9.80 Å². The molecule has 0 unspecified atom stereocenters. The Morgan fingerprint density at radius 2 is 1.82 bits per heavy atom. The normalized spacial score (nSPS) is 10.3. The first-order chi connectivity index (χ1) is 5.07. The second kappa shape index (κ2) is 5.38. The van der Waals surface area contributed by atoms with E-state index in [1.165, 1.54) is 0 Å². The fourth-order valence-corrected chi connectivity index (χ4v) is 0.781. The van der Waals surface area contributed by atoms with Crippen molar-refractivity contribution < 1.29 is 4.79 Å². The van der Waals surface area contributed by atoms with Gasteiger partial charge in [0.1, 0.15) is 5.88 Å². The summed E-state index contributed by atoms with van der Waals surface area (Å²) >= 11 is 5.36. The maximum absolute atomic E-state index is 10.9. The van der Waals surface area contributed by atoms with Gasteiger partial charge in [-0.05, 0) is 14.1 Å². The third-order valence-corrected chi connectivity index (χ3v) is 1.65. The van der Waals surface area contributed by atoms with E-state index in [9.17, 15) is 4.79 Å². The summed E-state index contributed by atoms with van der Waals surface area (Å²) in [5.74, 6) is 0.0534. The fourth-order valence-electron chi connectivity index (χ4n) is 0.577. The first-order valence-electron chi connectivity index (χ1n) is 3.52. The first kappa shape index (κ1) is 10.7. The van der Waals surface area contributed by atoms with Gasteiger partial charge in [-0.3, -0.25) is 4.79 Å². The summed E-state index contributed by atoms with van der Waals surface area (Å²) in [4.78, 5) is 14.6. The molecule has 0 saturated heterocycles. The average Bonchev–Trinajstić information content (AvgIpc) is 1.98. The molecule has 0 bridgehead atoms. The summed E-state index contributed by atoms with van der Waals surface area (Å²) in [5, 5.41) is 0. The van der Waals surface area contributed by atoms with Crippen molar-refractivity contribution in [3.05, 3.63) is 0 Å². The van der Waals surface area contributed by atoms with Crippen LogP contribution in [0.3, 0.4) is 0 Å². The number of nitrogens with zero attached hydrogens (tertiary/aromatic N) is 2. The van der Waals surface area contributed by atoms with E-state index < -0.39 is 0 Å². The Balaban J connectivity index is 3.52. The van der Waals surface area contributed by atoms with E-state index in [2.05, 4.69) is 0 Å². The minimum atomic E-state index is -0.0199. The Morgan fingerprint density at radius 3 is 2.18 bits per heavy atom.